The zero-order valence-electron chi connectivity index (χ0n) is 14.3. The van der Waals surface area contributed by atoms with Gasteiger partial charge in [0, 0.05) is 11.4 Å². The Kier molecular flexibility index (Phi) is 5.53. The topological polar surface area (TPSA) is 33.2 Å². The van der Waals surface area contributed by atoms with Crippen molar-refractivity contribution in [1.29, 1.82) is 0 Å². The van der Waals surface area contributed by atoms with Gasteiger partial charge in [-0.1, -0.05) is 12.1 Å². The fraction of sp³-hybridized carbons (Fsp3) is 0.400. The number of aromatic nitrogens is 1. The van der Waals surface area contributed by atoms with Crippen molar-refractivity contribution in [2.24, 2.45) is 5.92 Å². The molecule has 0 unspecified atom stereocenters. The van der Waals surface area contributed by atoms with Crippen LogP contribution >= 0.6 is 0 Å². The number of ketones is 1. The van der Waals surface area contributed by atoms with Gasteiger partial charge in [-0.25, -0.2) is 8.78 Å². The van der Waals surface area contributed by atoms with E-state index in [4.69, 9.17) is 0 Å². The highest BCUT2D eigenvalue weighted by Crippen LogP contribution is 2.21. The molecule has 0 aliphatic carbocycles. The minimum atomic E-state index is -0.826. The van der Waals surface area contributed by atoms with Crippen molar-refractivity contribution in [2.75, 3.05) is 20.1 Å². The van der Waals surface area contributed by atoms with Gasteiger partial charge in [0.15, 0.2) is 5.78 Å². The summed E-state index contributed by atoms with van der Waals surface area (Å²) in [4.78, 5) is 19.1. The van der Waals surface area contributed by atoms with E-state index in [2.05, 4.69) is 16.9 Å². The van der Waals surface area contributed by atoms with Gasteiger partial charge in [-0.15, -0.1) is 0 Å². The van der Waals surface area contributed by atoms with Gasteiger partial charge < -0.3 is 4.90 Å². The van der Waals surface area contributed by atoms with Crippen molar-refractivity contribution in [1.82, 2.24) is 9.88 Å². The molecule has 3 rings (SSSR count). The number of nitrogens with zero attached hydrogens (tertiary/aromatic N) is 2. The first-order chi connectivity index (χ1) is 12.0. The van der Waals surface area contributed by atoms with Gasteiger partial charge in [-0.05, 0) is 69.6 Å². The van der Waals surface area contributed by atoms with Crippen molar-refractivity contribution in [2.45, 2.75) is 25.7 Å². The lowest BCUT2D eigenvalue weighted by molar-refractivity contribution is 0.0984. The van der Waals surface area contributed by atoms with Crippen molar-refractivity contribution < 1.29 is 13.6 Å². The van der Waals surface area contributed by atoms with Crippen LogP contribution in [-0.2, 0) is 12.8 Å². The Morgan fingerprint density at radius 2 is 1.68 bits per heavy atom. The lowest BCUT2D eigenvalue weighted by atomic mass is 9.92. The molecule has 1 aliphatic heterocycles. The van der Waals surface area contributed by atoms with Gasteiger partial charge in [-0.2, -0.15) is 0 Å². The molecule has 0 radical (unpaired) electrons. The van der Waals surface area contributed by atoms with E-state index in [1.54, 1.807) is 6.07 Å². The predicted molar refractivity (Wildman–Crippen MR) is 92.6 cm³/mol. The van der Waals surface area contributed by atoms with Crippen LogP contribution in [0.1, 0.15) is 34.6 Å². The summed E-state index contributed by atoms with van der Waals surface area (Å²) in [6, 6.07) is 8.99. The Bertz CT molecular complexity index is 735. The highest BCUT2D eigenvalue weighted by molar-refractivity contribution is 5.97. The second-order valence-corrected chi connectivity index (χ2v) is 6.77. The number of halogens is 2. The molecule has 3 nitrogen and oxygen atoms in total. The monoisotopic (exact) mass is 344 g/mol. The van der Waals surface area contributed by atoms with Crippen LogP contribution in [0, 0.1) is 17.6 Å². The van der Waals surface area contributed by atoms with E-state index in [1.807, 2.05) is 12.1 Å². The number of piperidine rings is 1. The van der Waals surface area contributed by atoms with Gasteiger partial charge in [0.1, 0.15) is 11.6 Å². The van der Waals surface area contributed by atoms with E-state index >= 15 is 0 Å². The Labute approximate surface area is 146 Å². The third-order valence-corrected chi connectivity index (χ3v) is 4.78. The zero-order valence-corrected chi connectivity index (χ0v) is 14.3. The van der Waals surface area contributed by atoms with Crippen LogP contribution in [0.15, 0.2) is 36.4 Å². The molecule has 1 aliphatic rings. The number of hydrogen-bond acceptors (Lipinski definition) is 3. The maximum Gasteiger partial charge on any atom is 0.174 e. The number of Topliss-reactive ketones (excluding diaryl/α,β-unsaturated/α-hetero) is 1. The van der Waals surface area contributed by atoms with Gasteiger partial charge in [0.05, 0.1) is 12.0 Å². The summed E-state index contributed by atoms with van der Waals surface area (Å²) < 4.78 is 27.5. The maximum absolute atomic E-state index is 13.7. The molecular formula is C20H22F2N2O. The number of carbonyl (C=O) groups is 1. The minimum absolute atomic E-state index is 0.0981. The number of carbonyl (C=O) groups excluding carboxylic acids is 1. The first-order valence-corrected chi connectivity index (χ1v) is 8.63. The van der Waals surface area contributed by atoms with Crippen LogP contribution < -0.4 is 0 Å². The molecule has 25 heavy (non-hydrogen) atoms. The van der Waals surface area contributed by atoms with Gasteiger partial charge >= 0.3 is 0 Å². The molecule has 0 amide bonds. The highest BCUT2D eigenvalue weighted by Gasteiger charge is 2.19. The lowest BCUT2D eigenvalue weighted by Gasteiger charge is -2.28. The molecule has 0 saturated carbocycles. The summed E-state index contributed by atoms with van der Waals surface area (Å²) in [5.74, 6) is -1.64. The van der Waals surface area contributed by atoms with Crippen molar-refractivity contribution in [3.8, 4) is 0 Å². The van der Waals surface area contributed by atoms with Gasteiger partial charge in [0.2, 0.25) is 0 Å². The SMILES string of the molecule is CN1CCC(Cc2cccc(CC(=O)c3c(F)cccc3F)n2)CC1. The Morgan fingerprint density at radius 3 is 2.36 bits per heavy atom. The molecule has 132 valence electrons. The summed E-state index contributed by atoms with van der Waals surface area (Å²) in [6.45, 7) is 2.19. The first-order valence-electron chi connectivity index (χ1n) is 8.63. The Morgan fingerprint density at radius 1 is 1.08 bits per heavy atom. The Hall–Kier alpha value is -2.14. The van der Waals surface area contributed by atoms with E-state index < -0.39 is 23.0 Å². The molecule has 2 aromatic rings. The van der Waals surface area contributed by atoms with Gasteiger partial charge in [-0.3, -0.25) is 9.78 Å². The molecule has 1 aromatic heterocycles. The van der Waals surface area contributed by atoms with E-state index in [0.717, 1.165) is 50.2 Å². The largest absolute Gasteiger partial charge is 0.306 e. The first kappa shape index (κ1) is 17.7. The van der Waals surface area contributed by atoms with E-state index in [-0.39, 0.29) is 6.42 Å². The van der Waals surface area contributed by atoms with Crippen molar-refractivity contribution in [3.05, 3.63) is 65.0 Å². The van der Waals surface area contributed by atoms with Crippen LogP contribution in [0.4, 0.5) is 8.78 Å². The fourth-order valence-electron chi connectivity index (χ4n) is 3.32. The predicted octanol–water partition coefficient (Wildman–Crippen LogP) is 3.67. The highest BCUT2D eigenvalue weighted by atomic mass is 19.1. The second kappa shape index (κ2) is 7.83. The van der Waals surface area contributed by atoms with Crippen LogP contribution in [0.2, 0.25) is 0 Å². The molecule has 0 atom stereocenters. The van der Waals surface area contributed by atoms with Crippen LogP contribution in [0.25, 0.3) is 0 Å². The Balaban J connectivity index is 1.68. The van der Waals surface area contributed by atoms with E-state index in [1.165, 1.54) is 6.07 Å². The lowest BCUT2D eigenvalue weighted by Crippen LogP contribution is -2.31. The molecule has 0 spiro atoms. The van der Waals surface area contributed by atoms with Crippen LogP contribution in [0.3, 0.4) is 0 Å². The van der Waals surface area contributed by atoms with Crippen LogP contribution in [0.5, 0.6) is 0 Å². The molecular weight excluding hydrogens is 322 g/mol. The molecule has 0 bridgehead atoms. The van der Waals surface area contributed by atoms with Gasteiger partial charge in [0.25, 0.3) is 0 Å². The number of likely N-dealkylation sites (tertiary alicyclic amines) is 1. The van der Waals surface area contributed by atoms with E-state index in [0.29, 0.717) is 11.6 Å². The minimum Gasteiger partial charge on any atom is -0.306 e. The van der Waals surface area contributed by atoms with Crippen molar-refractivity contribution >= 4 is 5.78 Å². The van der Waals surface area contributed by atoms with E-state index in [9.17, 15) is 13.6 Å². The number of rotatable bonds is 5. The second-order valence-electron chi connectivity index (χ2n) is 6.77. The molecule has 1 aromatic carbocycles. The molecule has 1 fully saturated rings. The quantitative estimate of drug-likeness (QED) is 0.776. The normalized spacial score (nSPS) is 16.1. The molecule has 2 heterocycles. The number of benzene rings is 1. The standard InChI is InChI=1S/C20H22F2N2O/c1-24-10-8-14(9-11-24)12-15-4-2-5-16(23-15)13-19(25)20-17(21)6-3-7-18(20)22/h2-7,14H,8-13H2,1H3. The van der Waals surface area contributed by atoms with Crippen molar-refractivity contribution in [3.63, 3.8) is 0 Å². The van der Waals surface area contributed by atoms with Crippen LogP contribution in [-0.4, -0.2) is 35.8 Å². The summed E-state index contributed by atoms with van der Waals surface area (Å²) >= 11 is 0. The smallest absolute Gasteiger partial charge is 0.174 e. The summed E-state index contributed by atoms with van der Waals surface area (Å²) in [5, 5.41) is 0. The summed E-state index contributed by atoms with van der Waals surface area (Å²) in [6.07, 6.45) is 3.06. The molecule has 0 N–H and O–H groups in total. The molecule has 5 heteroatoms. The molecule has 1 saturated heterocycles. The fourth-order valence-corrected chi connectivity index (χ4v) is 3.32. The summed E-state index contributed by atoms with van der Waals surface area (Å²) in [7, 11) is 2.13. The zero-order chi connectivity index (χ0) is 17.8. The average Bonchev–Trinajstić information content (AvgIpc) is 2.57. The maximum atomic E-state index is 13.7. The third kappa shape index (κ3) is 4.48. The summed E-state index contributed by atoms with van der Waals surface area (Å²) in [5.41, 5.74) is 1.01. The average molecular weight is 344 g/mol. The third-order valence-electron chi connectivity index (χ3n) is 4.78. The number of hydrogen-bond donors (Lipinski definition) is 0. The number of pyridine rings is 1.